The molecule has 1 aliphatic rings. The van der Waals surface area contributed by atoms with E-state index in [-0.39, 0.29) is 8.22 Å². The molecule has 3 heteroatoms. The van der Waals surface area contributed by atoms with Crippen LogP contribution in [0.15, 0.2) is 0 Å². The van der Waals surface area contributed by atoms with Crippen LogP contribution in [0.2, 0.25) is 0 Å². The number of rotatable bonds is 1. The van der Waals surface area contributed by atoms with Crippen molar-refractivity contribution in [3.05, 3.63) is 0 Å². The highest BCUT2D eigenvalue weighted by atomic mass is 31.1. The molecule has 1 saturated heterocycles. The van der Waals surface area contributed by atoms with E-state index in [9.17, 15) is 0 Å². The van der Waals surface area contributed by atoms with Gasteiger partial charge in [0, 0.05) is 14.5 Å². The fourth-order valence-electron chi connectivity index (χ4n) is 0.193. The molecular weight excluding hydrogens is 83.0 g/mol. The molecule has 0 radical (unpaired) electrons. The van der Waals surface area contributed by atoms with E-state index < -0.39 is 0 Å². The summed E-state index contributed by atoms with van der Waals surface area (Å²) < 4.78 is 0. The van der Waals surface area contributed by atoms with Gasteiger partial charge in [0.25, 0.3) is 0 Å². The fraction of sp³-hybridized carbons (Fsp3) is 1.00. The van der Waals surface area contributed by atoms with Crippen LogP contribution in [0.4, 0.5) is 0 Å². The first-order valence-electron chi connectivity index (χ1n) is 1.62. The highest BCUT2D eigenvalue weighted by Gasteiger charge is 2.15. The van der Waals surface area contributed by atoms with E-state index in [1.54, 1.807) is 0 Å². The number of nitrogens with one attached hydrogen (secondary N) is 2. The molecule has 1 unspecified atom stereocenters. The molecule has 1 atom stereocenters. The van der Waals surface area contributed by atoms with Crippen LogP contribution in [0, 0.1) is 0 Å². The topological polar surface area (TPSA) is 34.0 Å². The Labute approximate surface area is 32.8 Å². The molecule has 0 amide bonds. The molecule has 2 N–H and O–H groups in total. The summed E-state index contributed by atoms with van der Waals surface area (Å²) in [5.74, 6) is 0. The maximum atomic E-state index is 3.14. The predicted molar refractivity (Wildman–Crippen MR) is 24.0 cm³/mol. The van der Waals surface area contributed by atoms with E-state index in [1.165, 1.54) is 6.29 Å². The molecule has 1 fully saturated rings. The van der Waals surface area contributed by atoms with Crippen LogP contribution in [0.3, 0.4) is 0 Å². The lowest BCUT2D eigenvalue weighted by Crippen LogP contribution is -1.86. The minimum absolute atomic E-state index is 0.152. The third-order valence-electron chi connectivity index (χ3n) is 0.586. The minimum Gasteiger partial charge on any atom is -0.286 e. The second kappa shape index (κ2) is 1.21. The van der Waals surface area contributed by atoms with Gasteiger partial charge in [0.15, 0.2) is 0 Å². The summed E-state index contributed by atoms with van der Waals surface area (Å²) in [6.07, 6.45) is 1.21. The van der Waals surface area contributed by atoms with Gasteiger partial charge in [-0.05, 0) is 7.05 Å². The fourth-order valence-corrected chi connectivity index (χ4v) is 0.793. The van der Waals surface area contributed by atoms with Crippen molar-refractivity contribution in [2.45, 2.75) is 0 Å². The van der Waals surface area contributed by atoms with Crippen molar-refractivity contribution in [3.8, 4) is 0 Å². The van der Waals surface area contributed by atoms with Gasteiger partial charge in [-0.25, -0.2) is 0 Å². The van der Waals surface area contributed by atoms with Gasteiger partial charge < -0.3 is 0 Å². The van der Waals surface area contributed by atoms with Gasteiger partial charge in [-0.1, -0.05) is 0 Å². The van der Waals surface area contributed by atoms with Crippen molar-refractivity contribution in [2.75, 3.05) is 13.3 Å². The zero-order valence-electron chi connectivity index (χ0n) is 3.15. The third-order valence-corrected chi connectivity index (χ3v) is 1.76. The summed E-state index contributed by atoms with van der Waals surface area (Å²) in [6, 6.07) is 0. The Bertz CT molecular complexity index is 34.6. The molecule has 0 aliphatic carbocycles. The third kappa shape index (κ3) is 0.839. The Kier molecular flexibility index (Phi) is 0.856. The zero-order valence-corrected chi connectivity index (χ0v) is 4.05. The van der Waals surface area contributed by atoms with Crippen LogP contribution < -0.4 is 10.2 Å². The Balaban J connectivity index is 2.00. The highest BCUT2D eigenvalue weighted by Crippen LogP contribution is 2.35. The van der Waals surface area contributed by atoms with E-state index in [2.05, 4.69) is 10.2 Å². The molecule has 2 nitrogen and oxygen atoms in total. The van der Waals surface area contributed by atoms with Gasteiger partial charge >= 0.3 is 0 Å². The van der Waals surface area contributed by atoms with Gasteiger partial charge in [0.1, 0.15) is 0 Å². The summed E-state index contributed by atoms with van der Waals surface area (Å²) in [7, 11) is 2.13. The Hall–Kier alpha value is 0.350. The number of hydrogen-bond acceptors (Lipinski definition) is 2. The molecule has 1 heterocycles. The first-order valence-corrected chi connectivity index (χ1v) is 3.14. The normalized spacial score (nSPS) is 34.2. The van der Waals surface area contributed by atoms with Gasteiger partial charge in [0.2, 0.25) is 0 Å². The van der Waals surface area contributed by atoms with E-state index in [0.717, 1.165) is 0 Å². The van der Waals surface area contributed by atoms with Crippen molar-refractivity contribution in [1.82, 2.24) is 10.2 Å². The first-order chi connectivity index (χ1) is 2.43. The molecule has 1 aliphatic heterocycles. The molecule has 0 aromatic heterocycles. The molecule has 30 valence electrons. The van der Waals surface area contributed by atoms with Gasteiger partial charge in [-0.2, -0.15) is 0 Å². The molecule has 1 rings (SSSR count). The summed E-state index contributed by atoms with van der Waals surface area (Å²) in [5.41, 5.74) is 0. The van der Waals surface area contributed by atoms with Crippen molar-refractivity contribution >= 4 is 8.22 Å². The maximum absolute atomic E-state index is 3.14. The van der Waals surface area contributed by atoms with Crippen LogP contribution in [0.1, 0.15) is 0 Å². The zero-order chi connectivity index (χ0) is 3.70. The Morgan fingerprint density at radius 3 is 2.60 bits per heavy atom. The van der Waals surface area contributed by atoms with E-state index in [1.807, 2.05) is 7.05 Å². The smallest absolute Gasteiger partial charge is 0.0490 e. The highest BCUT2D eigenvalue weighted by molar-refractivity contribution is 7.60. The van der Waals surface area contributed by atoms with E-state index in [4.69, 9.17) is 0 Å². The average Bonchev–Trinajstić information content (AvgIpc) is 2.12. The first kappa shape index (κ1) is 3.54. The molecular formula is C2H7N2P. The largest absolute Gasteiger partial charge is 0.286 e. The lowest BCUT2D eigenvalue weighted by molar-refractivity contribution is 1.27. The summed E-state index contributed by atoms with van der Waals surface area (Å²) in [5, 5.41) is 6.23. The quantitative estimate of drug-likeness (QED) is 0.353. The summed E-state index contributed by atoms with van der Waals surface area (Å²) >= 11 is 0. The summed E-state index contributed by atoms with van der Waals surface area (Å²) in [6.45, 7) is 0. The van der Waals surface area contributed by atoms with Crippen molar-refractivity contribution in [2.24, 2.45) is 0 Å². The van der Waals surface area contributed by atoms with Crippen LogP contribution in [0.25, 0.3) is 0 Å². The van der Waals surface area contributed by atoms with Gasteiger partial charge in [0.05, 0.1) is 0 Å². The van der Waals surface area contributed by atoms with Crippen molar-refractivity contribution in [3.63, 3.8) is 0 Å². The van der Waals surface area contributed by atoms with Crippen LogP contribution in [-0.4, -0.2) is 13.3 Å². The minimum atomic E-state index is 0.152. The molecule has 0 aromatic rings. The predicted octanol–water partition coefficient (Wildman–Crippen LogP) is 0.0784. The van der Waals surface area contributed by atoms with Crippen molar-refractivity contribution < 1.29 is 0 Å². The Morgan fingerprint density at radius 1 is 2.00 bits per heavy atom. The maximum Gasteiger partial charge on any atom is 0.0490 e. The van der Waals surface area contributed by atoms with E-state index >= 15 is 0 Å². The average molecular weight is 90.1 g/mol. The molecule has 0 bridgehead atoms. The second-order valence-corrected chi connectivity index (χ2v) is 2.90. The standard InChI is InChI=1S/C2H7N2P/c1-3-5-2-4-5/h3-4H,2H2,1H3. The lowest BCUT2D eigenvalue weighted by atomic mass is 11.6. The monoisotopic (exact) mass is 90.0 g/mol. The lowest BCUT2D eigenvalue weighted by Gasteiger charge is -1.78. The second-order valence-electron chi connectivity index (χ2n) is 0.968. The molecule has 0 aromatic carbocycles. The van der Waals surface area contributed by atoms with Gasteiger partial charge in [-0.3, -0.25) is 10.2 Å². The molecule has 5 heavy (non-hydrogen) atoms. The van der Waals surface area contributed by atoms with Crippen LogP contribution >= 0.6 is 8.22 Å². The summed E-state index contributed by atoms with van der Waals surface area (Å²) in [4.78, 5) is 0. The molecule has 0 spiro atoms. The van der Waals surface area contributed by atoms with Crippen molar-refractivity contribution in [1.29, 1.82) is 0 Å². The Morgan fingerprint density at radius 2 is 2.60 bits per heavy atom. The van der Waals surface area contributed by atoms with E-state index in [0.29, 0.717) is 0 Å². The van der Waals surface area contributed by atoms with Crippen LogP contribution in [0.5, 0.6) is 0 Å². The van der Waals surface area contributed by atoms with Gasteiger partial charge in [-0.15, -0.1) is 0 Å². The number of hydrogen-bond donors (Lipinski definition) is 2. The van der Waals surface area contributed by atoms with Crippen LogP contribution in [-0.2, 0) is 0 Å². The SMILES string of the molecule is CNP1CN1. The molecule has 0 saturated carbocycles.